The summed E-state index contributed by atoms with van der Waals surface area (Å²) in [5.74, 6) is 0. The van der Waals surface area contributed by atoms with Gasteiger partial charge in [0.2, 0.25) is 0 Å². The van der Waals surface area contributed by atoms with Crippen molar-refractivity contribution < 1.29 is 4.92 Å². The number of benzene rings is 2. The molecule has 2 rings (SSSR count). The van der Waals surface area contributed by atoms with Gasteiger partial charge in [-0.05, 0) is 12.1 Å². The van der Waals surface area contributed by atoms with Crippen molar-refractivity contribution in [2.45, 2.75) is 0 Å². The average molecular weight is 230 g/mol. The topological polar surface area (TPSA) is 55.2 Å². The molecule has 0 saturated carbocycles. The lowest BCUT2D eigenvalue weighted by molar-refractivity contribution is -0.384. The number of hydrogen-bond acceptors (Lipinski definition) is 3. The van der Waals surface area contributed by atoms with Crippen LogP contribution in [0.3, 0.4) is 0 Å². The minimum absolute atomic E-state index is 0.115. The minimum Gasteiger partial charge on any atom is -0.388 e. The van der Waals surface area contributed by atoms with E-state index < -0.39 is 4.92 Å². The lowest BCUT2D eigenvalue weighted by atomic mass is 10.3. The van der Waals surface area contributed by atoms with E-state index in [1.165, 1.54) is 12.1 Å². The van der Waals surface area contributed by atoms with Gasteiger partial charge in [0.15, 0.2) is 0 Å². The summed E-state index contributed by atoms with van der Waals surface area (Å²) in [4.78, 5) is 9.77. The molecule has 0 fully saturated rings. The molecule has 4 heteroatoms. The zero-order valence-corrected chi connectivity index (χ0v) is 9.54. The van der Waals surface area contributed by atoms with Crippen LogP contribution in [0.4, 0.5) is 11.4 Å². The first-order valence-electron chi connectivity index (χ1n) is 5.16. The van der Waals surface area contributed by atoms with Crippen molar-refractivity contribution >= 4 is 11.4 Å². The number of hydrogen-bond donors (Lipinski definition) is 1. The lowest BCUT2D eigenvalue weighted by Gasteiger charge is -1.96. The third-order valence-electron chi connectivity index (χ3n) is 2.03. The second-order valence-electron chi connectivity index (χ2n) is 3.21. The highest BCUT2D eigenvalue weighted by Gasteiger charge is 2.01. The number of non-ortho nitro benzene ring substituents is 1. The second kappa shape index (κ2) is 7.00. The van der Waals surface area contributed by atoms with Crippen LogP contribution in [0.15, 0.2) is 60.7 Å². The van der Waals surface area contributed by atoms with Crippen molar-refractivity contribution in [1.29, 1.82) is 0 Å². The molecule has 0 bridgehead atoms. The Morgan fingerprint density at radius 1 is 0.941 bits per heavy atom. The number of rotatable bonds is 2. The highest BCUT2D eigenvalue weighted by Crippen LogP contribution is 2.14. The van der Waals surface area contributed by atoms with Crippen LogP contribution in [-0.4, -0.2) is 12.0 Å². The lowest BCUT2D eigenvalue weighted by Crippen LogP contribution is -1.89. The molecule has 0 aliphatic carbocycles. The predicted molar refractivity (Wildman–Crippen MR) is 69.1 cm³/mol. The van der Waals surface area contributed by atoms with Gasteiger partial charge in [-0.2, -0.15) is 0 Å². The van der Waals surface area contributed by atoms with E-state index in [1.807, 2.05) is 36.4 Å². The van der Waals surface area contributed by atoms with E-state index in [9.17, 15) is 10.1 Å². The predicted octanol–water partition coefficient (Wildman–Crippen LogP) is 3.32. The van der Waals surface area contributed by atoms with E-state index in [1.54, 1.807) is 19.2 Å². The molecule has 0 atom stereocenters. The highest BCUT2D eigenvalue weighted by atomic mass is 16.6. The Kier molecular flexibility index (Phi) is 5.24. The van der Waals surface area contributed by atoms with Crippen LogP contribution >= 0.6 is 0 Å². The van der Waals surface area contributed by atoms with E-state index in [4.69, 9.17) is 0 Å². The van der Waals surface area contributed by atoms with Gasteiger partial charge in [-0.1, -0.05) is 36.4 Å². The molecule has 2 aromatic carbocycles. The van der Waals surface area contributed by atoms with Crippen molar-refractivity contribution in [3.63, 3.8) is 0 Å². The average Bonchev–Trinajstić information content (AvgIpc) is 2.41. The molecule has 17 heavy (non-hydrogen) atoms. The summed E-state index contributed by atoms with van der Waals surface area (Å²) in [6.07, 6.45) is 0. The fourth-order valence-electron chi connectivity index (χ4n) is 1.13. The van der Waals surface area contributed by atoms with E-state index in [0.717, 1.165) is 5.69 Å². The second-order valence-corrected chi connectivity index (χ2v) is 3.21. The Bertz CT molecular complexity index is 414. The minimum atomic E-state index is -0.417. The van der Waals surface area contributed by atoms with Gasteiger partial charge in [0.25, 0.3) is 5.69 Å². The summed E-state index contributed by atoms with van der Waals surface area (Å²) in [5.41, 5.74) is 0.986. The van der Waals surface area contributed by atoms with E-state index in [-0.39, 0.29) is 5.69 Å². The molecular formula is C13H14N2O2. The van der Waals surface area contributed by atoms with Crippen molar-refractivity contribution in [3.05, 3.63) is 70.8 Å². The van der Waals surface area contributed by atoms with Gasteiger partial charge >= 0.3 is 0 Å². The number of nitrogens with one attached hydrogen (secondary N) is 1. The zero-order valence-electron chi connectivity index (χ0n) is 9.54. The fraction of sp³-hybridized carbons (Fsp3) is 0.0769. The first-order valence-corrected chi connectivity index (χ1v) is 5.16. The number of nitrogens with zero attached hydrogens (tertiary/aromatic N) is 1. The Hall–Kier alpha value is -2.36. The maximum Gasteiger partial charge on any atom is 0.269 e. The van der Waals surface area contributed by atoms with Gasteiger partial charge in [-0.15, -0.1) is 0 Å². The molecule has 0 saturated heterocycles. The van der Waals surface area contributed by atoms with Gasteiger partial charge in [0, 0.05) is 24.9 Å². The van der Waals surface area contributed by atoms with Crippen molar-refractivity contribution in [1.82, 2.24) is 0 Å². The maximum atomic E-state index is 10.2. The molecule has 0 heterocycles. The van der Waals surface area contributed by atoms with Crippen LogP contribution in [-0.2, 0) is 0 Å². The molecule has 0 aliphatic rings. The fourth-order valence-corrected chi connectivity index (χ4v) is 1.13. The Morgan fingerprint density at radius 3 is 1.65 bits per heavy atom. The van der Waals surface area contributed by atoms with Crippen LogP contribution in [0.25, 0.3) is 0 Å². The number of nitro benzene ring substituents is 1. The van der Waals surface area contributed by atoms with E-state index >= 15 is 0 Å². The largest absolute Gasteiger partial charge is 0.388 e. The SMILES string of the molecule is CNc1ccc([N+](=O)[O-])cc1.c1ccccc1. The number of nitro groups is 1. The van der Waals surface area contributed by atoms with Crippen molar-refractivity contribution in [2.75, 3.05) is 12.4 Å². The standard InChI is InChI=1S/C7H8N2O2.C6H6/c1-8-6-2-4-7(5-3-6)9(10)11;1-2-4-6-5-3-1/h2-5,8H,1H3;1-6H. The molecular weight excluding hydrogens is 216 g/mol. The smallest absolute Gasteiger partial charge is 0.269 e. The van der Waals surface area contributed by atoms with Crippen LogP contribution in [0.2, 0.25) is 0 Å². The summed E-state index contributed by atoms with van der Waals surface area (Å²) in [5, 5.41) is 13.1. The van der Waals surface area contributed by atoms with E-state index in [2.05, 4.69) is 5.32 Å². The van der Waals surface area contributed by atoms with Crippen LogP contribution in [0.1, 0.15) is 0 Å². The van der Waals surface area contributed by atoms with Crippen LogP contribution in [0, 0.1) is 10.1 Å². The quantitative estimate of drug-likeness (QED) is 0.636. The summed E-state index contributed by atoms with van der Waals surface area (Å²) in [6, 6.07) is 18.3. The van der Waals surface area contributed by atoms with Crippen LogP contribution in [0.5, 0.6) is 0 Å². The highest BCUT2D eigenvalue weighted by molar-refractivity contribution is 5.47. The molecule has 0 radical (unpaired) electrons. The maximum absolute atomic E-state index is 10.2. The van der Waals surface area contributed by atoms with Gasteiger partial charge in [-0.3, -0.25) is 10.1 Å². The Morgan fingerprint density at radius 2 is 1.35 bits per heavy atom. The summed E-state index contributed by atoms with van der Waals surface area (Å²) < 4.78 is 0. The van der Waals surface area contributed by atoms with Crippen molar-refractivity contribution in [2.24, 2.45) is 0 Å². The summed E-state index contributed by atoms with van der Waals surface area (Å²) in [7, 11) is 1.77. The van der Waals surface area contributed by atoms with E-state index in [0.29, 0.717) is 0 Å². The normalized spacial score (nSPS) is 8.76. The van der Waals surface area contributed by atoms with Crippen molar-refractivity contribution in [3.8, 4) is 0 Å². The van der Waals surface area contributed by atoms with Gasteiger partial charge < -0.3 is 5.32 Å². The molecule has 0 aliphatic heterocycles. The molecule has 0 unspecified atom stereocenters. The monoisotopic (exact) mass is 230 g/mol. The third-order valence-corrected chi connectivity index (χ3v) is 2.03. The molecule has 4 nitrogen and oxygen atoms in total. The van der Waals surface area contributed by atoms with Crippen LogP contribution < -0.4 is 5.32 Å². The van der Waals surface area contributed by atoms with Gasteiger partial charge in [0.05, 0.1) is 4.92 Å². The Balaban J connectivity index is 0.000000202. The Labute approximate surface area is 100 Å². The molecule has 88 valence electrons. The molecule has 0 aromatic heterocycles. The molecule has 0 amide bonds. The number of anilines is 1. The van der Waals surface area contributed by atoms with Gasteiger partial charge in [-0.25, -0.2) is 0 Å². The summed E-state index contributed by atoms with van der Waals surface area (Å²) in [6.45, 7) is 0. The van der Waals surface area contributed by atoms with Gasteiger partial charge in [0.1, 0.15) is 0 Å². The first kappa shape index (κ1) is 12.7. The molecule has 2 aromatic rings. The molecule has 1 N–H and O–H groups in total. The molecule has 0 spiro atoms. The zero-order chi connectivity index (χ0) is 12.5. The summed E-state index contributed by atoms with van der Waals surface area (Å²) >= 11 is 0. The first-order chi connectivity index (χ1) is 8.24. The third kappa shape index (κ3) is 4.79.